The second kappa shape index (κ2) is 5.81. The van der Waals surface area contributed by atoms with Crippen LogP contribution in [0.2, 0.25) is 0 Å². The van der Waals surface area contributed by atoms with Crippen LogP contribution in [0.4, 0.5) is 0 Å². The normalized spacial score (nSPS) is 13.1. The van der Waals surface area contributed by atoms with E-state index in [4.69, 9.17) is 4.42 Å². The summed E-state index contributed by atoms with van der Waals surface area (Å²) in [6.45, 7) is 6.66. The van der Waals surface area contributed by atoms with Crippen LogP contribution < -0.4 is 5.32 Å². The third-order valence-corrected chi connectivity index (χ3v) is 2.08. The van der Waals surface area contributed by atoms with Gasteiger partial charge in [0.05, 0.1) is 12.5 Å². The Hall–Kier alpha value is -0.760. The Bertz CT molecular complexity index is 206. The van der Waals surface area contributed by atoms with Crippen LogP contribution in [0.25, 0.3) is 0 Å². The first-order chi connectivity index (χ1) is 6.33. The van der Waals surface area contributed by atoms with Crippen molar-refractivity contribution in [2.75, 3.05) is 13.1 Å². The van der Waals surface area contributed by atoms with Gasteiger partial charge in [0, 0.05) is 0 Å². The van der Waals surface area contributed by atoms with Crippen molar-refractivity contribution >= 4 is 0 Å². The van der Waals surface area contributed by atoms with Gasteiger partial charge in [-0.2, -0.15) is 0 Å². The van der Waals surface area contributed by atoms with Gasteiger partial charge in [0.2, 0.25) is 0 Å². The summed E-state index contributed by atoms with van der Waals surface area (Å²) in [6, 6.07) is 2.04. The molecule has 1 heterocycles. The van der Waals surface area contributed by atoms with Gasteiger partial charge < -0.3 is 9.73 Å². The smallest absolute Gasteiger partial charge is 0.0934 e. The average molecular weight is 181 g/mol. The lowest BCUT2D eigenvalue weighted by molar-refractivity contribution is 0.504. The first kappa shape index (κ1) is 10.3. The van der Waals surface area contributed by atoms with Gasteiger partial charge in [0.1, 0.15) is 0 Å². The molecule has 1 aromatic heterocycles. The number of rotatable bonds is 6. The van der Waals surface area contributed by atoms with Crippen molar-refractivity contribution in [2.24, 2.45) is 5.92 Å². The van der Waals surface area contributed by atoms with Gasteiger partial charge in [0.15, 0.2) is 0 Å². The highest BCUT2D eigenvalue weighted by Gasteiger charge is 2.03. The maximum Gasteiger partial charge on any atom is 0.0934 e. The largest absolute Gasteiger partial charge is 0.472 e. The highest BCUT2D eigenvalue weighted by atomic mass is 16.3. The fourth-order valence-electron chi connectivity index (χ4n) is 1.41. The van der Waals surface area contributed by atoms with E-state index in [0.29, 0.717) is 5.92 Å². The molecule has 1 aromatic rings. The van der Waals surface area contributed by atoms with Crippen LogP contribution in [-0.2, 0) is 6.42 Å². The molecule has 0 saturated heterocycles. The molecular weight excluding hydrogens is 162 g/mol. The van der Waals surface area contributed by atoms with Crippen molar-refractivity contribution < 1.29 is 4.42 Å². The molecule has 2 heteroatoms. The summed E-state index contributed by atoms with van der Waals surface area (Å²) >= 11 is 0. The molecule has 0 aliphatic carbocycles. The lowest BCUT2D eigenvalue weighted by atomic mass is 10.0. The summed E-state index contributed by atoms with van der Waals surface area (Å²) in [4.78, 5) is 0. The van der Waals surface area contributed by atoms with E-state index < -0.39 is 0 Å². The first-order valence-electron chi connectivity index (χ1n) is 5.04. The predicted molar refractivity (Wildman–Crippen MR) is 54.7 cm³/mol. The van der Waals surface area contributed by atoms with Gasteiger partial charge in [-0.3, -0.25) is 0 Å². The second-order valence-corrected chi connectivity index (χ2v) is 3.65. The maximum absolute atomic E-state index is 5.02. The van der Waals surface area contributed by atoms with Crippen molar-refractivity contribution in [3.63, 3.8) is 0 Å². The first-order valence-corrected chi connectivity index (χ1v) is 5.04. The van der Waals surface area contributed by atoms with Crippen LogP contribution >= 0.6 is 0 Å². The Morgan fingerprint density at radius 3 is 3.00 bits per heavy atom. The number of hydrogen-bond donors (Lipinski definition) is 1. The molecule has 1 N–H and O–H groups in total. The van der Waals surface area contributed by atoms with E-state index in [2.05, 4.69) is 19.2 Å². The molecular formula is C11H19NO. The molecule has 0 saturated carbocycles. The quantitative estimate of drug-likeness (QED) is 0.682. The molecule has 0 spiro atoms. The third-order valence-electron chi connectivity index (χ3n) is 2.08. The van der Waals surface area contributed by atoms with Gasteiger partial charge in [-0.05, 0) is 43.5 Å². The lowest BCUT2D eigenvalue weighted by Gasteiger charge is -2.10. The highest BCUT2D eigenvalue weighted by Crippen LogP contribution is 2.07. The van der Waals surface area contributed by atoms with Crippen LogP contribution in [-0.4, -0.2) is 13.1 Å². The van der Waals surface area contributed by atoms with Crippen LogP contribution in [0.15, 0.2) is 23.0 Å². The van der Waals surface area contributed by atoms with Crippen LogP contribution in [0.3, 0.4) is 0 Å². The molecule has 0 aromatic carbocycles. The number of hydrogen-bond acceptors (Lipinski definition) is 2. The summed E-state index contributed by atoms with van der Waals surface area (Å²) < 4.78 is 5.02. The van der Waals surface area contributed by atoms with Crippen molar-refractivity contribution in [3.8, 4) is 0 Å². The van der Waals surface area contributed by atoms with Crippen molar-refractivity contribution in [3.05, 3.63) is 24.2 Å². The molecule has 0 aliphatic rings. The zero-order valence-electron chi connectivity index (χ0n) is 8.55. The van der Waals surface area contributed by atoms with Gasteiger partial charge in [-0.25, -0.2) is 0 Å². The molecule has 0 radical (unpaired) electrons. The van der Waals surface area contributed by atoms with Crippen LogP contribution in [0, 0.1) is 5.92 Å². The Labute approximate surface area is 80.3 Å². The van der Waals surface area contributed by atoms with Crippen molar-refractivity contribution in [1.29, 1.82) is 0 Å². The molecule has 74 valence electrons. The molecule has 0 amide bonds. The molecule has 0 bridgehead atoms. The fraction of sp³-hybridized carbons (Fsp3) is 0.636. The highest BCUT2D eigenvalue weighted by molar-refractivity contribution is 5.05. The minimum atomic E-state index is 0.684. The maximum atomic E-state index is 5.02. The van der Waals surface area contributed by atoms with E-state index in [0.717, 1.165) is 19.5 Å². The second-order valence-electron chi connectivity index (χ2n) is 3.65. The van der Waals surface area contributed by atoms with Gasteiger partial charge >= 0.3 is 0 Å². The van der Waals surface area contributed by atoms with E-state index in [-0.39, 0.29) is 0 Å². The van der Waals surface area contributed by atoms with E-state index >= 15 is 0 Å². The Kier molecular flexibility index (Phi) is 4.61. The zero-order chi connectivity index (χ0) is 9.52. The average Bonchev–Trinajstić information content (AvgIpc) is 2.57. The Morgan fingerprint density at radius 2 is 2.38 bits per heavy atom. The summed E-state index contributed by atoms with van der Waals surface area (Å²) in [6.07, 6.45) is 5.88. The molecule has 1 atom stereocenters. The summed E-state index contributed by atoms with van der Waals surface area (Å²) in [7, 11) is 0. The number of furan rings is 1. The number of nitrogens with one attached hydrogen (secondary N) is 1. The molecule has 1 rings (SSSR count). The minimum absolute atomic E-state index is 0.684. The molecule has 2 nitrogen and oxygen atoms in total. The molecule has 13 heavy (non-hydrogen) atoms. The van der Waals surface area contributed by atoms with Gasteiger partial charge in [0.25, 0.3) is 0 Å². The zero-order valence-corrected chi connectivity index (χ0v) is 8.55. The minimum Gasteiger partial charge on any atom is -0.472 e. The topological polar surface area (TPSA) is 25.2 Å². The molecule has 0 fully saturated rings. The van der Waals surface area contributed by atoms with E-state index in [1.54, 1.807) is 6.26 Å². The van der Waals surface area contributed by atoms with E-state index in [9.17, 15) is 0 Å². The van der Waals surface area contributed by atoms with E-state index in [1.807, 2.05) is 12.3 Å². The van der Waals surface area contributed by atoms with Gasteiger partial charge in [-0.1, -0.05) is 13.8 Å². The third kappa shape index (κ3) is 4.13. The van der Waals surface area contributed by atoms with Crippen LogP contribution in [0.5, 0.6) is 0 Å². The monoisotopic (exact) mass is 181 g/mol. The standard InChI is InChI=1S/C11H19NO/c1-3-5-12-8-10(2)7-11-4-6-13-9-11/h4,6,9-10,12H,3,5,7-8H2,1-2H3. The fourth-order valence-corrected chi connectivity index (χ4v) is 1.41. The summed E-state index contributed by atoms with van der Waals surface area (Å²) in [5.41, 5.74) is 1.30. The molecule has 1 unspecified atom stereocenters. The Morgan fingerprint density at radius 1 is 1.54 bits per heavy atom. The van der Waals surface area contributed by atoms with Crippen molar-refractivity contribution in [1.82, 2.24) is 5.32 Å². The van der Waals surface area contributed by atoms with Crippen LogP contribution in [0.1, 0.15) is 25.8 Å². The molecule has 0 aliphatic heterocycles. The van der Waals surface area contributed by atoms with Gasteiger partial charge in [-0.15, -0.1) is 0 Å². The SMILES string of the molecule is CCCNCC(C)Cc1ccoc1. The summed E-state index contributed by atoms with van der Waals surface area (Å²) in [5.74, 6) is 0.684. The predicted octanol–water partition coefficient (Wildman–Crippen LogP) is 2.46. The Balaban J connectivity index is 2.14. The van der Waals surface area contributed by atoms with Crippen molar-refractivity contribution in [2.45, 2.75) is 26.7 Å². The van der Waals surface area contributed by atoms with E-state index in [1.165, 1.54) is 12.0 Å². The summed E-state index contributed by atoms with van der Waals surface area (Å²) in [5, 5.41) is 3.42. The lowest BCUT2D eigenvalue weighted by Crippen LogP contribution is -2.22.